The number of aromatic nitrogens is 1. The average Bonchev–Trinajstić information content (AvgIpc) is 3.97. The van der Waals surface area contributed by atoms with Crippen LogP contribution in [0.5, 0.6) is 0 Å². The van der Waals surface area contributed by atoms with Gasteiger partial charge in [0.25, 0.3) is 0 Å². The SMILES string of the molecule is c1ccc(-c2nc3ccc4oc5cc(-c6ccc(N(c7ccc(-c8ccc(-c9ccccc9)c9ccccc89)cc7)c7ccccc7-c7ccccc7)cc6)ccc5c4c3s2)cc1. The molecule has 12 aromatic rings. The highest BCUT2D eigenvalue weighted by molar-refractivity contribution is 7.22. The van der Waals surface area contributed by atoms with E-state index in [-0.39, 0.29) is 0 Å². The molecular formula is C59H38N2OS. The van der Waals surface area contributed by atoms with Crippen molar-refractivity contribution in [2.24, 2.45) is 0 Å². The predicted octanol–water partition coefficient (Wildman–Crippen LogP) is 17.2. The highest BCUT2D eigenvalue weighted by Gasteiger charge is 2.20. The molecule has 12 rings (SSSR count). The van der Waals surface area contributed by atoms with E-state index in [1.807, 2.05) is 6.07 Å². The highest BCUT2D eigenvalue weighted by Crippen LogP contribution is 2.44. The van der Waals surface area contributed by atoms with Crippen LogP contribution >= 0.6 is 11.3 Å². The van der Waals surface area contributed by atoms with E-state index in [9.17, 15) is 0 Å². The number of hydrogen-bond donors (Lipinski definition) is 0. The first-order valence-electron chi connectivity index (χ1n) is 21.3. The van der Waals surface area contributed by atoms with Crippen LogP contribution in [0.2, 0.25) is 0 Å². The second-order valence-electron chi connectivity index (χ2n) is 15.9. The summed E-state index contributed by atoms with van der Waals surface area (Å²) in [5, 5.41) is 5.73. The van der Waals surface area contributed by atoms with Gasteiger partial charge < -0.3 is 9.32 Å². The molecule has 0 atom stereocenters. The van der Waals surface area contributed by atoms with Crippen molar-refractivity contribution in [2.75, 3.05) is 4.90 Å². The van der Waals surface area contributed by atoms with Crippen LogP contribution in [-0.2, 0) is 0 Å². The van der Waals surface area contributed by atoms with E-state index in [0.29, 0.717) is 0 Å². The Balaban J connectivity index is 0.925. The lowest BCUT2D eigenvalue weighted by molar-refractivity contribution is 0.669. The molecule has 0 bridgehead atoms. The fourth-order valence-corrected chi connectivity index (χ4v) is 10.2. The Morgan fingerprint density at radius 1 is 0.365 bits per heavy atom. The molecule has 0 aliphatic heterocycles. The van der Waals surface area contributed by atoms with Gasteiger partial charge in [0.2, 0.25) is 0 Å². The zero-order valence-electron chi connectivity index (χ0n) is 34.2. The van der Waals surface area contributed by atoms with Gasteiger partial charge in [-0.25, -0.2) is 4.98 Å². The summed E-state index contributed by atoms with van der Waals surface area (Å²) in [6.07, 6.45) is 0. The summed E-state index contributed by atoms with van der Waals surface area (Å²) in [5.41, 5.74) is 16.5. The minimum absolute atomic E-state index is 0.870. The third kappa shape index (κ3) is 6.56. The molecule has 0 spiro atoms. The predicted molar refractivity (Wildman–Crippen MR) is 266 cm³/mol. The third-order valence-corrected chi connectivity index (χ3v) is 13.3. The van der Waals surface area contributed by atoms with E-state index in [2.05, 4.69) is 229 Å². The van der Waals surface area contributed by atoms with Crippen molar-refractivity contribution >= 4 is 71.3 Å². The molecule has 296 valence electrons. The Morgan fingerprint density at radius 2 is 0.889 bits per heavy atom. The van der Waals surface area contributed by atoms with Crippen molar-refractivity contribution in [2.45, 2.75) is 0 Å². The molecule has 4 heteroatoms. The molecule has 2 aromatic heterocycles. The second kappa shape index (κ2) is 15.4. The summed E-state index contributed by atoms with van der Waals surface area (Å²) in [6.45, 7) is 0. The molecule has 10 aromatic carbocycles. The van der Waals surface area contributed by atoms with Crippen LogP contribution in [-0.4, -0.2) is 4.98 Å². The van der Waals surface area contributed by atoms with Crippen molar-refractivity contribution < 1.29 is 4.42 Å². The van der Waals surface area contributed by atoms with Gasteiger partial charge in [-0.05, 0) is 104 Å². The lowest BCUT2D eigenvalue weighted by Crippen LogP contribution is -2.11. The standard InChI is InChI=1S/C59H38N2OS/c1-4-14-40(15-5-1)47-34-35-48(51-22-11-10-21-50(47)51)42-26-31-46(32-27-42)61(54-23-13-12-20-49(54)41-16-6-2-7-17-41)45-29-24-39(25-30-45)44-28-33-52-56(38-44)62-55-37-36-53-58(57(52)55)63-59(60-53)43-18-8-3-9-19-43/h1-38H. The van der Waals surface area contributed by atoms with E-state index in [0.717, 1.165) is 76.5 Å². The number of hydrogen-bond acceptors (Lipinski definition) is 4. The third-order valence-electron chi connectivity index (χ3n) is 12.1. The molecule has 0 N–H and O–H groups in total. The maximum Gasteiger partial charge on any atom is 0.137 e. The van der Waals surface area contributed by atoms with Gasteiger partial charge >= 0.3 is 0 Å². The van der Waals surface area contributed by atoms with Crippen LogP contribution in [0.25, 0.3) is 98.0 Å². The van der Waals surface area contributed by atoms with Gasteiger partial charge in [-0.2, -0.15) is 0 Å². The summed E-state index contributed by atoms with van der Waals surface area (Å²) < 4.78 is 7.69. The minimum Gasteiger partial charge on any atom is -0.456 e. The molecule has 0 saturated heterocycles. The molecule has 2 heterocycles. The minimum atomic E-state index is 0.870. The first kappa shape index (κ1) is 36.8. The lowest BCUT2D eigenvalue weighted by Gasteiger charge is -2.28. The molecule has 63 heavy (non-hydrogen) atoms. The number of rotatable bonds is 8. The number of anilines is 3. The number of nitrogens with zero attached hydrogens (tertiary/aromatic N) is 2. The molecule has 0 unspecified atom stereocenters. The summed E-state index contributed by atoms with van der Waals surface area (Å²) in [6, 6.07) is 82.3. The van der Waals surface area contributed by atoms with Crippen LogP contribution in [0, 0.1) is 0 Å². The quantitative estimate of drug-likeness (QED) is 0.153. The Hall–Kier alpha value is -8.05. The summed E-state index contributed by atoms with van der Waals surface area (Å²) in [4.78, 5) is 7.36. The molecule has 0 amide bonds. The average molecular weight is 823 g/mol. The van der Waals surface area contributed by atoms with E-state index in [1.54, 1.807) is 11.3 Å². The molecule has 0 saturated carbocycles. The molecule has 0 aliphatic carbocycles. The first-order valence-corrected chi connectivity index (χ1v) is 22.1. The summed E-state index contributed by atoms with van der Waals surface area (Å²) >= 11 is 1.72. The monoisotopic (exact) mass is 822 g/mol. The fourth-order valence-electron chi connectivity index (χ4n) is 9.10. The maximum atomic E-state index is 6.53. The van der Waals surface area contributed by atoms with Crippen molar-refractivity contribution in [3.63, 3.8) is 0 Å². The van der Waals surface area contributed by atoms with Gasteiger partial charge in [0.15, 0.2) is 0 Å². The van der Waals surface area contributed by atoms with E-state index < -0.39 is 0 Å². The molecule has 0 radical (unpaired) electrons. The second-order valence-corrected chi connectivity index (χ2v) is 16.9. The highest BCUT2D eigenvalue weighted by atomic mass is 32.1. The van der Waals surface area contributed by atoms with Crippen LogP contribution in [0.4, 0.5) is 17.1 Å². The largest absolute Gasteiger partial charge is 0.456 e. The maximum absolute atomic E-state index is 6.53. The van der Waals surface area contributed by atoms with Crippen LogP contribution in [0.3, 0.4) is 0 Å². The van der Waals surface area contributed by atoms with Crippen LogP contribution < -0.4 is 4.90 Å². The lowest BCUT2D eigenvalue weighted by atomic mass is 9.92. The van der Waals surface area contributed by atoms with Gasteiger partial charge in [-0.3, -0.25) is 0 Å². The number of para-hydroxylation sites is 1. The Labute approximate surface area is 369 Å². The first-order chi connectivity index (χ1) is 31.2. The van der Waals surface area contributed by atoms with Crippen molar-refractivity contribution in [3.05, 3.63) is 231 Å². The van der Waals surface area contributed by atoms with Gasteiger partial charge in [0.1, 0.15) is 16.2 Å². The van der Waals surface area contributed by atoms with Crippen molar-refractivity contribution in [1.29, 1.82) is 0 Å². The summed E-state index contributed by atoms with van der Waals surface area (Å²) in [7, 11) is 0. The zero-order chi connectivity index (χ0) is 41.7. The van der Waals surface area contributed by atoms with E-state index >= 15 is 0 Å². The van der Waals surface area contributed by atoms with E-state index in [4.69, 9.17) is 9.40 Å². The zero-order valence-corrected chi connectivity index (χ0v) is 35.0. The number of fused-ring (bicyclic) bond motifs is 6. The summed E-state index contributed by atoms with van der Waals surface area (Å²) in [5.74, 6) is 0. The van der Waals surface area contributed by atoms with Gasteiger partial charge in [0.05, 0.1) is 15.9 Å². The van der Waals surface area contributed by atoms with Gasteiger partial charge in [-0.15, -0.1) is 11.3 Å². The van der Waals surface area contributed by atoms with Crippen LogP contribution in [0.1, 0.15) is 0 Å². The number of benzene rings is 10. The fraction of sp³-hybridized carbons (Fsp3) is 0. The van der Waals surface area contributed by atoms with E-state index in [1.165, 1.54) is 38.6 Å². The molecular weight excluding hydrogens is 785 g/mol. The van der Waals surface area contributed by atoms with Crippen molar-refractivity contribution in [1.82, 2.24) is 4.98 Å². The smallest absolute Gasteiger partial charge is 0.137 e. The Bertz CT molecular complexity index is 3590. The normalized spacial score (nSPS) is 11.5. The number of furan rings is 1. The van der Waals surface area contributed by atoms with Crippen molar-refractivity contribution in [3.8, 4) is 55.1 Å². The Morgan fingerprint density at radius 3 is 1.54 bits per heavy atom. The van der Waals surface area contributed by atoms with Gasteiger partial charge in [0, 0.05) is 33.3 Å². The topological polar surface area (TPSA) is 29.3 Å². The van der Waals surface area contributed by atoms with Gasteiger partial charge in [-0.1, -0.05) is 176 Å². The molecule has 0 fully saturated rings. The Kier molecular flexibility index (Phi) is 9.02. The molecule has 0 aliphatic rings. The van der Waals surface area contributed by atoms with Crippen LogP contribution in [0.15, 0.2) is 235 Å². The number of thiazole rings is 1. The molecule has 3 nitrogen and oxygen atoms in total.